The van der Waals surface area contributed by atoms with Crippen LogP contribution in [0.25, 0.3) is 11.0 Å². The van der Waals surface area contributed by atoms with Crippen molar-refractivity contribution in [3.8, 4) is 0 Å². The molecule has 0 aliphatic carbocycles. The van der Waals surface area contributed by atoms with Crippen molar-refractivity contribution in [1.29, 1.82) is 0 Å². The first-order valence-corrected chi connectivity index (χ1v) is 7.99. The van der Waals surface area contributed by atoms with Crippen LogP contribution in [0.5, 0.6) is 0 Å². The third-order valence-electron chi connectivity index (χ3n) is 4.71. The summed E-state index contributed by atoms with van der Waals surface area (Å²) in [4.78, 5) is 7.41. The number of imidazole rings is 1. The third-order valence-corrected chi connectivity index (χ3v) is 4.71. The smallest absolute Gasteiger partial charge is 0.114 e. The van der Waals surface area contributed by atoms with Gasteiger partial charge in [-0.25, -0.2) is 4.98 Å². The highest BCUT2D eigenvalue weighted by atomic mass is 15.2. The van der Waals surface area contributed by atoms with Crippen LogP contribution in [0.15, 0.2) is 54.6 Å². The Morgan fingerprint density at radius 3 is 2.64 bits per heavy atom. The van der Waals surface area contributed by atoms with E-state index in [0.717, 1.165) is 25.2 Å². The van der Waals surface area contributed by atoms with Crippen molar-refractivity contribution in [2.24, 2.45) is 7.05 Å². The molecular formula is C19H21N3. The van der Waals surface area contributed by atoms with Gasteiger partial charge in [0.25, 0.3) is 0 Å². The molecule has 1 fully saturated rings. The first-order chi connectivity index (χ1) is 10.8. The van der Waals surface area contributed by atoms with E-state index in [1.54, 1.807) is 0 Å². The molecule has 1 aromatic heterocycles. The fourth-order valence-electron chi connectivity index (χ4n) is 3.56. The van der Waals surface area contributed by atoms with Crippen molar-refractivity contribution < 1.29 is 0 Å². The molecule has 0 amide bonds. The van der Waals surface area contributed by atoms with Crippen molar-refractivity contribution in [3.63, 3.8) is 0 Å². The zero-order chi connectivity index (χ0) is 14.9. The van der Waals surface area contributed by atoms with E-state index in [4.69, 9.17) is 4.98 Å². The number of nitrogens with zero attached hydrogens (tertiary/aromatic N) is 3. The lowest BCUT2D eigenvalue weighted by molar-refractivity contribution is 0.325. The topological polar surface area (TPSA) is 21.1 Å². The van der Waals surface area contributed by atoms with Gasteiger partial charge in [-0.15, -0.1) is 0 Å². The van der Waals surface area contributed by atoms with Crippen molar-refractivity contribution in [2.45, 2.75) is 18.9 Å². The molecule has 3 nitrogen and oxygen atoms in total. The summed E-state index contributed by atoms with van der Waals surface area (Å²) < 4.78 is 2.27. The minimum atomic E-state index is 0.543. The largest absolute Gasteiger partial charge is 0.331 e. The van der Waals surface area contributed by atoms with Crippen LogP contribution in [0, 0.1) is 0 Å². The van der Waals surface area contributed by atoms with Crippen LogP contribution in [0.3, 0.4) is 0 Å². The number of hydrogen-bond acceptors (Lipinski definition) is 2. The van der Waals surface area contributed by atoms with E-state index >= 15 is 0 Å². The first-order valence-electron chi connectivity index (χ1n) is 7.99. The summed E-state index contributed by atoms with van der Waals surface area (Å²) in [5.74, 6) is 1.78. The molecule has 3 heteroatoms. The maximum absolute atomic E-state index is 4.87. The summed E-state index contributed by atoms with van der Waals surface area (Å²) >= 11 is 0. The van der Waals surface area contributed by atoms with Gasteiger partial charge in [-0.1, -0.05) is 42.5 Å². The number of aryl methyl sites for hydroxylation is 1. The van der Waals surface area contributed by atoms with Gasteiger partial charge in [-0.05, 0) is 30.7 Å². The Balaban J connectivity index is 1.53. The summed E-state index contributed by atoms with van der Waals surface area (Å²) in [6, 6.07) is 19.2. The Morgan fingerprint density at radius 1 is 1.05 bits per heavy atom. The minimum absolute atomic E-state index is 0.543. The van der Waals surface area contributed by atoms with Gasteiger partial charge < -0.3 is 4.57 Å². The predicted octanol–water partition coefficient (Wildman–Crippen LogP) is 3.56. The van der Waals surface area contributed by atoms with Crippen LogP contribution in [-0.2, 0) is 13.6 Å². The highest BCUT2D eigenvalue weighted by Gasteiger charge is 2.27. The van der Waals surface area contributed by atoms with Gasteiger partial charge in [0.05, 0.1) is 11.0 Å². The van der Waals surface area contributed by atoms with Crippen LogP contribution in [0.2, 0.25) is 0 Å². The number of benzene rings is 2. The lowest BCUT2D eigenvalue weighted by atomic mass is 10.1. The Bertz CT molecular complexity index is 776. The number of fused-ring (bicyclic) bond motifs is 1. The monoisotopic (exact) mass is 291 g/mol. The highest BCUT2D eigenvalue weighted by Crippen LogP contribution is 2.29. The SMILES string of the molecule is Cn1c([C@H]2CCN(Cc3ccccc3)C2)nc2ccccc21. The van der Waals surface area contributed by atoms with E-state index < -0.39 is 0 Å². The summed E-state index contributed by atoms with van der Waals surface area (Å²) in [6.07, 6.45) is 1.20. The molecule has 3 aromatic rings. The van der Waals surface area contributed by atoms with Crippen molar-refractivity contribution in [3.05, 3.63) is 66.0 Å². The Kier molecular flexibility index (Phi) is 3.43. The molecule has 0 saturated carbocycles. The molecule has 1 atom stereocenters. The number of para-hydroxylation sites is 2. The summed E-state index contributed by atoms with van der Waals surface area (Å²) in [6.45, 7) is 3.30. The number of aromatic nitrogens is 2. The van der Waals surface area contributed by atoms with Crippen LogP contribution in [-0.4, -0.2) is 27.5 Å². The van der Waals surface area contributed by atoms with E-state index in [-0.39, 0.29) is 0 Å². The molecule has 0 spiro atoms. The molecule has 112 valence electrons. The zero-order valence-corrected chi connectivity index (χ0v) is 12.9. The molecule has 1 aliphatic rings. The van der Waals surface area contributed by atoms with Crippen LogP contribution in [0.1, 0.15) is 23.7 Å². The first kappa shape index (κ1) is 13.5. The molecule has 0 N–H and O–H groups in total. The van der Waals surface area contributed by atoms with Gasteiger partial charge in [-0.3, -0.25) is 4.90 Å². The molecule has 0 bridgehead atoms. The molecular weight excluding hydrogens is 270 g/mol. The standard InChI is InChI=1S/C19H21N3/c1-21-18-10-6-5-9-17(18)20-19(21)16-11-12-22(14-16)13-15-7-3-2-4-8-15/h2-10,16H,11-14H2,1H3/t16-/m0/s1. The number of rotatable bonds is 3. The normalized spacial score (nSPS) is 19.0. The highest BCUT2D eigenvalue weighted by molar-refractivity contribution is 5.75. The fraction of sp³-hybridized carbons (Fsp3) is 0.316. The molecule has 0 unspecified atom stereocenters. The molecule has 2 heterocycles. The minimum Gasteiger partial charge on any atom is -0.331 e. The number of hydrogen-bond donors (Lipinski definition) is 0. The second-order valence-electron chi connectivity index (χ2n) is 6.22. The quantitative estimate of drug-likeness (QED) is 0.735. The Morgan fingerprint density at radius 2 is 1.82 bits per heavy atom. The van der Waals surface area contributed by atoms with Gasteiger partial charge >= 0.3 is 0 Å². The Labute approximate surface area is 131 Å². The van der Waals surface area contributed by atoms with Crippen molar-refractivity contribution in [2.75, 3.05) is 13.1 Å². The van der Waals surface area contributed by atoms with E-state index in [0.29, 0.717) is 5.92 Å². The molecule has 0 radical (unpaired) electrons. The molecule has 2 aromatic carbocycles. The van der Waals surface area contributed by atoms with Gasteiger partial charge in [-0.2, -0.15) is 0 Å². The van der Waals surface area contributed by atoms with E-state index in [2.05, 4.69) is 71.1 Å². The molecule has 1 aliphatic heterocycles. The van der Waals surface area contributed by atoms with Gasteiger partial charge in [0, 0.05) is 26.1 Å². The second kappa shape index (κ2) is 5.58. The van der Waals surface area contributed by atoms with Crippen molar-refractivity contribution >= 4 is 11.0 Å². The van der Waals surface area contributed by atoms with E-state index in [1.165, 1.54) is 23.3 Å². The number of likely N-dealkylation sites (tertiary alicyclic amines) is 1. The van der Waals surface area contributed by atoms with Gasteiger partial charge in [0.15, 0.2) is 0 Å². The lowest BCUT2D eigenvalue weighted by Gasteiger charge is -2.16. The average Bonchev–Trinajstić information content (AvgIpc) is 3.14. The maximum atomic E-state index is 4.87. The fourth-order valence-corrected chi connectivity index (χ4v) is 3.56. The van der Waals surface area contributed by atoms with Crippen LogP contribution >= 0.6 is 0 Å². The third kappa shape index (κ3) is 2.42. The summed E-state index contributed by atoms with van der Waals surface area (Å²) in [7, 11) is 2.14. The van der Waals surface area contributed by atoms with Gasteiger partial charge in [0.2, 0.25) is 0 Å². The molecule has 4 rings (SSSR count). The average molecular weight is 291 g/mol. The predicted molar refractivity (Wildman–Crippen MR) is 89.8 cm³/mol. The maximum Gasteiger partial charge on any atom is 0.114 e. The molecule has 1 saturated heterocycles. The second-order valence-corrected chi connectivity index (χ2v) is 6.22. The molecule has 22 heavy (non-hydrogen) atoms. The zero-order valence-electron chi connectivity index (χ0n) is 12.9. The summed E-state index contributed by atoms with van der Waals surface area (Å²) in [5, 5.41) is 0. The van der Waals surface area contributed by atoms with Gasteiger partial charge in [0.1, 0.15) is 5.82 Å². The van der Waals surface area contributed by atoms with Crippen LogP contribution < -0.4 is 0 Å². The van der Waals surface area contributed by atoms with E-state index in [9.17, 15) is 0 Å². The summed E-state index contributed by atoms with van der Waals surface area (Å²) in [5.41, 5.74) is 3.74. The van der Waals surface area contributed by atoms with E-state index in [1.807, 2.05) is 0 Å². The Hall–Kier alpha value is -2.13. The van der Waals surface area contributed by atoms with Crippen molar-refractivity contribution in [1.82, 2.24) is 14.5 Å². The van der Waals surface area contributed by atoms with Crippen LogP contribution in [0.4, 0.5) is 0 Å². The lowest BCUT2D eigenvalue weighted by Crippen LogP contribution is -2.20.